The molecule has 2 aliphatic rings. The smallest absolute Gasteiger partial charge is 0.119 e. The normalized spacial score (nSPS) is 23.6. The second kappa shape index (κ2) is 8.58. The fraction of sp³-hybridized carbons (Fsp3) is 0.700. The fourth-order valence-corrected chi connectivity index (χ4v) is 3.81. The van der Waals surface area contributed by atoms with Crippen LogP contribution in [0.25, 0.3) is 0 Å². The van der Waals surface area contributed by atoms with Crippen molar-refractivity contribution in [2.45, 2.75) is 69.9 Å². The molecule has 1 saturated carbocycles. The third-order valence-electron chi connectivity index (χ3n) is 5.32. The molecule has 1 aliphatic heterocycles. The van der Waals surface area contributed by atoms with Gasteiger partial charge < -0.3 is 14.4 Å². The van der Waals surface area contributed by atoms with E-state index in [0.29, 0.717) is 12.1 Å². The van der Waals surface area contributed by atoms with Gasteiger partial charge in [0.2, 0.25) is 0 Å². The highest BCUT2D eigenvalue weighted by atomic mass is 16.5. The highest BCUT2D eigenvalue weighted by Gasteiger charge is 2.18. The molecule has 0 N–H and O–H groups in total. The molecule has 1 aromatic carbocycles. The van der Waals surface area contributed by atoms with Gasteiger partial charge in [-0.2, -0.15) is 0 Å². The Balaban J connectivity index is 1.40. The minimum Gasteiger partial charge on any atom is -0.494 e. The van der Waals surface area contributed by atoms with Crippen LogP contribution in [0.4, 0.5) is 0 Å². The molecule has 23 heavy (non-hydrogen) atoms. The molecular formula is C20H31NO2. The number of ether oxygens (including phenoxy) is 2. The number of nitrogens with zero attached hydrogens (tertiary/aromatic N) is 1. The molecule has 1 unspecified atom stereocenters. The van der Waals surface area contributed by atoms with Crippen LogP contribution in [0.15, 0.2) is 24.3 Å². The molecule has 0 aromatic heterocycles. The quantitative estimate of drug-likeness (QED) is 0.762. The van der Waals surface area contributed by atoms with Gasteiger partial charge >= 0.3 is 0 Å². The van der Waals surface area contributed by atoms with Crippen LogP contribution in [0.1, 0.15) is 57.8 Å². The Kier molecular flexibility index (Phi) is 6.21. The van der Waals surface area contributed by atoms with Crippen LogP contribution in [0.3, 0.4) is 0 Å². The number of benzene rings is 1. The molecule has 3 heteroatoms. The topological polar surface area (TPSA) is 21.7 Å². The Labute approximate surface area is 141 Å². The molecule has 1 aliphatic carbocycles. The molecule has 1 heterocycles. The van der Waals surface area contributed by atoms with Crippen LogP contribution < -0.4 is 9.47 Å². The van der Waals surface area contributed by atoms with Gasteiger partial charge in [0.25, 0.3) is 0 Å². The average Bonchev–Trinajstić information content (AvgIpc) is 2.59. The van der Waals surface area contributed by atoms with Gasteiger partial charge in [-0.15, -0.1) is 0 Å². The summed E-state index contributed by atoms with van der Waals surface area (Å²) >= 11 is 0. The summed E-state index contributed by atoms with van der Waals surface area (Å²) in [5.41, 5.74) is 0. The first-order chi connectivity index (χ1) is 11.3. The first-order valence-electron chi connectivity index (χ1n) is 9.41. The van der Waals surface area contributed by atoms with Crippen molar-refractivity contribution in [1.29, 1.82) is 0 Å². The molecular weight excluding hydrogens is 286 g/mol. The van der Waals surface area contributed by atoms with E-state index in [4.69, 9.17) is 9.47 Å². The number of rotatable bonds is 6. The zero-order valence-electron chi connectivity index (χ0n) is 14.5. The van der Waals surface area contributed by atoms with Crippen LogP contribution in [0, 0.1) is 0 Å². The molecule has 3 nitrogen and oxygen atoms in total. The minimum absolute atomic E-state index is 0.414. The summed E-state index contributed by atoms with van der Waals surface area (Å²) in [7, 11) is 2.24. The molecule has 128 valence electrons. The van der Waals surface area contributed by atoms with Gasteiger partial charge in [-0.1, -0.05) is 12.8 Å². The lowest BCUT2D eigenvalue weighted by Crippen LogP contribution is -2.37. The van der Waals surface area contributed by atoms with Crippen LogP contribution in [-0.2, 0) is 0 Å². The molecule has 0 radical (unpaired) electrons. The van der Waals surface area contributed by atoms with Crippen LogP contribution >= 0.6 is 0 Å². The second-order valence-electron chi connectivity index (χ2n) is 7.12. The number of hydrogen-bond donors (Lipinski definition) is 0. The molecule has 0 bridgehead atoms. The van der Waals surface area contributed by atoms with Crippen molar-refractivity contribution < 1.29 is 9.47 Å². The van der Waals surface area contributed by atoms with E-state index in [-0.39, 0.29) is 0 Å². The van der Waals surface area contributed by atoms with Crippen molar-refractivity contribution in [2.24, 2.45) is 0 Å². The van der Waals surface area contributed by atoms with Crippen LogP contribution in [0.5, 0.6) is 11.5 Å². The van der Waals surface area contributed by atoms with Gasteiger partial charge in [0.1, 0.15) is 11.5 Å². The van der Waals surface area contributed by atoms with Crippen molar-refractivity contribution in [3.8, 4) is 11.5 Å². The number of piperidine rings is 1. The molecule has 1 aromatic rings. The van der Waals surface area contributed by atoms with E-state index in [1.807, 2.05) is 12.1 Å². The summed E-state index contributed by atoms with van der Waals surface area (Å²) < 4.78 is 12.0. The Morgan fingerprint density at radius 2 is 1.61 bits per heavy atom. The summed E-state index contributed by atoms with van der Waals surface area (Å²) in [6, 6.07) is 8.89. The maximum Gasteiger partial charge on any atom is 0.119 e. The van der Waals surface area contributed by atoms with Crippen LogP contribution in [0.2, 0.25) is 0 Å². The highest BCUT2D eigenvalue weighted by Crippen LogP contribution is 2.25. The van der Waals surface area contributed by atoms with Crippen molar-refractivity contribution in [3.05, 3.63) is 24.3 Å². The molecule has 0 amide bonds. The van der Waals surface area contributed by atoms with E-state index in [1.54, 1.807) is 0 Å². The van der Waals surface area contributed by atoms with E-state index >= 15 is 0 Å². The Bertz CT molecular complexity index is 453. The van der Waals surface area contributed by atoms with Gasteiger partial charge in [-0.25, -0.2) is 0 Å². The lowest BCUT2D eigenvalue weighted by atomic mass is 9.98. The van der Waals surface area contributed by atoms with Crippen molar-refractivity contribution >= 4 is 0 Å². The van der Waals surface area contributed by atoms with Crippen molar-refractivity contribution in [1.82, 2.24) is 4.90 Å². The first-order valence-corrected chi connectivity index (χ1v) is 9.41. The molecule has 1 atom stereocenters. The predicted molar refractivity (Wildman–Crippen MR) is 94.3 cm³/mol. The van der Waals surface area contributed by atoms with E-state index in [0.717, 1.165) is 24.5 Å². The predicted octanol–water partition coefficient (Wildman–Crippen LogP) is 4.65. The molecule has 1 saturated heterocycles. The van der Waals surface area contributed by atoms with Gasteiger partial charge in [-0.3, -0.25) is 0 Å². The Morgan fingerprint density at radius 3 is 2.35 bits per heavy atom. The van der Waals surface area contributed by atoms with Gasteiger partial charge in [0, 0.05) is 6.04 Å². The number of hydrogen-bond acceptors (Lipinski definition) is 3. The monoisotopic (exact) mass is 317 g/mol. The van der Waals surface area contributed by atoms with E-state index < -0.39 is 0 Å². The van der Waals surface area contributed by atoms with Crippen molar-refractivity contribution in [2.75, 3.05) is 20.2 Å². The van der Waals surface area contributed by atoms with E-state index in [1.165, 1.54) is 57.9 Å². The van der Waals surface area contributed by atoms with Gasteiger partial charge in [0.15, 0.2) is 0 Å². The van der Waals surface area contributed by atoms with Crippen LogP contribution in [-0.4, -0.2) is 37.2 Å². The first kappa shape index (κ1) is 16.6. The third kappa shape index (κ3) is 5.13. The maximum absolute atomic E-state index is 6.06. The second-order valence-corrected chi connectivity index (χ2v) is 7.12. The highest BCUT2D eigenvalue weighted by molar-refractivity contribution is 5.31. The standard InChI is InChI=1S/C20H31NO2/c1-21-15-6-5-7-17(21)14-16-22-18-10-12-20(13-11-18)23-19-8-3-2-4-9-19/h10-13,17,19H,2-9,14-16H2,1H3. The zero-order chi connectivity index (χ0) is 15.9. The van der Waals surface area contributed by atoms with Gasteiger partial charge in [0.05, 0.1) is 12.7 Å². The maximum atomic E-state index is 6.06. The molecule has 2 fully saturated rings. The number of likely N-dealkylation sites (tertiary alicyclic amines) is 1. The van der Waals surface area contributed by atoms with E-state index in [2.05, 4.69) is 24.1 Å². The molecule has 3 rings (SSSR count). The summed E-state index contributed by atoms with van der Waals surface area (Å²) in [6.07, 6.45) is 11.9. The third-order valence-corrected chi connectivity index (χ3v) is 5.32. The SMILES string of the molecule is CN1CCCCC1CCOc1ccc(OC2CCCCC2)cc1. The van der Waals surface area contributed by atoms with Gasteiger partial charge in [-0.05, 0) is 82.8 Å². The fourth-order valence-electron chi connectivity index (χ4n) is 3.81. The zero-order valence-corrected chi connectivity index (χ0v) is 14.5. The summed E-state index contributed by atoms with van der Waals surface area (Å²) in [5.74, 6) is 1.94. The largest absolute Gasteiger partial charge is 0.494 e. The summed E-state index contributed by atoms with van der Waals surface area (Å²) in [6.45, 7) is 2.04. The Morgan fingerprint density at radius 1 is 0.913 bits per heavy atom. The summed E-state index contributed by atoms with van der Waals surface area (Å²) in [5, 5.41) is 0. The lowest BCUT2D eigenvalue weighted by molar-refractivity contribution is 0.151. The minimum atomic E-state index is 0.414. The molecule has 0 spiro atoms. The average molecular weight is 317 g/mol. The lowest BCUT2D eigenvalue weighted by Gasteiger charge is -2.32. The van der Waals surface area contributed by atoms with E-state index in [9.17, 15) is 0 Å². The summed E-state index contributed by atoms with van der Waals surface area (Å²) in [4.78, 5) is 2.48. The van der Waals surface area contributed by atoms with Crippen molar-refractivity contribution in [3.63, 3.8) is 0 Å². The Hall–Kier alpha value is -1.22.